The van der Waals surface area contributed by atoms with Crippen molar-refractivity contribution in [3.05, 3.63) is 70.3 Å². The maximum Gasteiger partial charge on any atom is 0.0724 e. The molecule has 138 valence electrons. The molecule has 2 aliphatic rings. The normalized spacial score (nSPS) is 12.6. The molecule has 0 aromatic carbocycles. The summed E-state index contributed by atoms with van der Waals surface area (Å²) < 4.78 is 0. The lowest BCUT2D eigenvalue weighted by atomic mass is 10.2. The molecule has 3 aromatic heterocycles. The van der Waals surface area contributed by atoms with Gasteiger partial charge in [-0.3, -0.25) is 0 Å². The molecule has 4 N–H and O–H groups in total. The number of aromatic amines is 2. The van der Waals surface area contributed by atoms with Crippen LogP contribution in [0.3, 0.4) is 0 Å². The van der Waals surface area contributed by atoms with Crippen LogP contribution < -0.4 is 0 Å². The first-order valence-electron chi connectivity index (χ1n) is 9.03. The Morgan fingerprint density at radius 3 is 1.61 bits per heavy atom. The summed E-state index contributed by atoms with van der Waals surface area (Å²) in [6, 6.07) is 11.7. The molecule has 2 aliphatic heterocycles. The van der Waals surface area contributed by atoms with Crippen LogP contribution in [0.2, 0.25) is 0 Å². The van der Waals surface area contributed by atoms with Crippen LogP contribution in [0.25, 0.3) is 46.4 Å². The van der Waals surface area contributed by atoms with Crippen LogP contribution in [0, 0.1) is 0 Å². The molecule has 0 spiro atoms. The van der Waals surface area contributed by atoms with Crippen LogP contribution in [0.15, 0.2) is 36.4 Å². The zero-order valence-electron chi connectivity index (χ0n) is 15.0. The van der Waals surface area contributed by atoms with E-state index in [9.17, 15) is 10.2 Å². The number of aromatic nitrogens is 4. The second-order valence-electron chi connectivity index (χ2n) is 6.73. The predicted octanol–water partition coefficient (Wildman–Crippen LogP) is 3.64. The number of rotatable bonds is 2. The van der Waals surface area contributed by atoms with Crippen LogP contribution in [-0.4, -0.2) is 30.1 Å². The fourth-order valence-corrected chi connectivity index (χ4v) is 3.52. The number of H-pyrrole nitrogens is 2. The van der Waals surface area contributed by atoms with Gasteiger partial charge in [-0.05, 0) is 60.7 Å². The fourth-order valence-electron chi connectivity index (χ4n) is 3.52. The van der Waals surface area contributed by atoms with Gasteiger partial charge in [-0.25, -0.2) is 9.97 Å². The lowest BCUT2D eigenvalue weighted by molar-refractivity contribution is 0.280. The van der Waals surface area contributed by atoms with E-state index in [2.05, 4.69) is 19.9 Å². The summed E-state index contributed by atoms with van der Waals surface area (Å²) in [4.78, 5) is 15.9. The standard InChI is InChI=1S/C22H18N4O2/c27-11-17-19-5-1-13(23-19)9-14-2-6-21(24-14)18(12-28)22-8-4-16(26-22)10-15-3-7-20(17)25-15/h1-10,23,25,27-28H,11-12H2. The summed E-state index contributed by atoms with van der Waals surface area (Å²) >= 11 is 0. The van der Waals surface area contributed by atoms with Gasteiger partial charge in [0.1, 0.15) is 0 Å². The second kappa shape index (κ2) is 6.60. The topological polar surface area (TPSA) is 97.8 Å². The average molecular weight is 370 g/mol. The average Bonchev–Trinajstić information content (AvgIpc) is 3.47. The SMILES string of the molecule is OCc1c2nc(cc3ccc([nH]3)c(CO)c3ccc(cc4nc1C=C4)[nH]3)C=C2. The third kappa shape index (κ3) is 2.85. The van der Waals surface area contributed by atoms with Crippen LogP contribution in [0.5, 0.6) is 0 Å². The fraction of sp³-hybridized carbons (Fsp3) is 0.0909. The second-order valence-corrected chi connectivity index (χ2v) is 6.73. The lowest BCUT2D eigenvalue weighted by Gasteiger charge is -1.98. The first-order valence-corrected chi connectivity index (χ1v) is 9.03. The Morgan fingerprint density at radius 2 is 1.14 bits per heavy atom. The Bertz CT molecular complexity index is 1200. The molecule has 5 heterocycles. The van der Waals surface area contributed by atoms with Gasteiger partial charge in [-0.1, -0.05) is 0 Å². The lowest BCUT2D eigenvalue weighted by Crippen LogP contribution is -1.93. The minimum Gasteiger partial charge on any atom is -0.392 e. The maximum absolute atomic E-state index is 9.92. The van der Waals surface area contributed by atoms with Gasteiger partial charge in [0.15, 0.2) is 0 Å². The van der Waals surface area contributed by atoms with Gasteiger partial charge >= 0.3 is 0 Å². The number of hydrogen-bond donors (Lipinski definition) is 4. The van der Waals surface area contributed by atoms with Crippen LogP contribution in [0.4, 0.5) is 0 Å². The van der Waals surface area contributed by atoms with Crippen molar-refractivity contribution in [2.24, 2.45) is 0 Å². The van der Waals surface area contributed by atoms with E-state index >= 15 is 0 Å². The van der Waals surface area contributed by atoms with Gasteiger partial charge in [0.2, 0.25) is 0 Å². The summed E-state index contributed by atoms with van der Waals surface area (Å²) in [6.07, 6.45) is 7.60. The van der Waals surface area contributed by atoms with Crippen molar-refractivity contribution in [1.29, 1.82) is 0 Å². The van der Waals surface area contributed by atoms with E-state index in [4.69, 9.17) is 0 Å². The van der Waals surface area contributed by atoms with Crippen molar-refractivity contribution in [3.63, 3.8) is 0 Å². The Morgan fingerprint density at radius 1 is 0.643 bits per heavy atom. The summed E-state index contributed by atoms with van der Waals surface area (Å²) in [5, 5.41) is 19.8. The monoisotopic (exact) mass is 370 g/mol. The first kappa shape index (κ1) is 16.7. The third-order valence-electron chi connectivity index (χ3n) is 4.93. The van der Waals surface area contributed by atoms with Gasteiger partial charge < -0.3 is 20.2 Å². The predicted molar refractivity (Wildman–Crippen MR) is 111 cm³/mol. The van der Waals surface area contributed by atoms with E-state index in [1.807, 2.05) is 60.7 Å². The highest BCUT2D eigenvalue weighted by atomic mass is 16.3. The molecule has 0 radical (unpaired) electrons. The molecule has 6 heteroatoms. The van der Waals surface area contributed by atoms with Gasteiger partial charge in [-0.15, -0.1) is 0 Å². The molecule has 0 atom stereocenters. The molecule has 6 nitrogen and oxygen atoms in total. The van der Waals surface area contributed by atoms with E-state index < -0.39 is 0 Å². The highest BCUT2D eigenvalue weighted by Gasteiger charge is 2.11. The number of nitrogens with zero attached hydrogens (tertiary/aromatic N) is 2. The number of aliphatic hydroxyl groups excluding tert-OH is 2. The number of hydrogen-bond acceptors (Lipinski definition) is 4. The molecule has 3 aromatic rings. The van der Waals surface area contributed by atoms with Crippen molar-refractivity contribution in [1.82, 2.24) is 19.9 Å². The van der Waals surface area contributed by atoms with Gasteiger partial charge in [0, 0.05) is 33.2 Å². The number of nitrogens with one attached hydrogen (secondary N) is 2. The minimum absolute atomic E-state index is 0.0910. The zero-order valence-corrected chi connectivity index (χ0v) is 15.0. The van der Waals surface area contributed by atoms with E-state index in [1.165, 1.54) is 0 Å². The molecule has 0 aliphatic carbocycles. The smallest absolute Gasteiger partial charge is 0.0724 e. The Hall–Kier alpha value is -3.48. The highest BCUT2D eigenvalue weighted by molar-refractivity contribution is 5.80. The van der Waals surface area contributed by atoms with Crippen LogP contribution in [0.1, 0.15) is 33.9 Å². The number of fused-ring (bicyclic) bond motifs is 8. The van der Waals surface area contributed by atoms with Crippen molar-refractivity contribution >= 4 is 46.4 Å². The van der Waals surface area contributed by atoms with Gasteiger partial charge in [0.05, 0.1) is 36.0 Å². The maximum atomic E-state index is 9.92. The van der Waals surface area contributed by atoms with Gasteiger partial charge in [0.25, 0.3) is 0 Å². The summed E-state index contributed by atoms with van der Waals surface area (Å²) in [7, 11) is 0. The third-order valence-corrected chi connectivity index (χ3v) is 4.93. The largest absolute Gasteiger partial charge is 0.392 e. The van der Waals surface area contributed by atoms with E-state index in [0.717, 1.165) is 39.0 Å². The van der Waals surface area contributed by atoms with E-state index in [1.54, 1.807) is 0 Å². The quantitative estimate of drug-likeness (QED) is 0.381. The van der Waals surface area contributed by atoms with Crippen molar-refractivity contribution < 1.29 is 10.2 Å². The Kier molecular flexibility index (Phi) is 3.93. The Labute approximate surface area is 160 Å². The minimum atomic E-state index is -0.138. The molecular formula is C22H18N4O2. The molecule has 0 amide bonds. The summed E-state index contributed by atoms with van der Waals surface area (Å²) in [5.74, 6) is 0. The summed E-state index contributed by atoms with van der Waals surface area (Å²) in [6.45, 7) is -0.229. The van der Waals surface area contributed by atoms with Crippen molar-refractivity contribution in [2.75, 3.05) is 0 Å². The zero-order chi connectivity index (χ0) is 19.1. The number of aliphatic hydroxyl groups is 2. The van der Waals surface area contributed by atoms with E-state index in [0.29, 0.717) is 17.0 Å². The summed E-state index contributed by atoms with van der Waals surface area (Å²) in [5.41, 5.74) is 7.93. The molecule has 28 heavy (non-hydrogen) atoms. The molecule has 0 saturated heterocycles. The molecule has 0 unspecified atom stereocenters. The molecule has 0 fully saturated rings. The van der Waals surface area contributed by atoms with E-state index in [-0.39, 0.29) is 13.2 Å². The first-order chi connectivity index (χ1) is 13.7. The molecular weight excluding hydrogens is 352 g/mol. The molecule has 5 rings (SSSR count). The highest BCUT2D eigenvalue weighted by Crippen LogP contribution is 2.23. The van der Waals surface area contributed by atoms with Gasteiger partial charge in [-0.2, -0.15) is 0 Å². The van der Waals surface area contributed by atoms with Crippen LogP contribution in [-0.2, 0) is 13.2 Å². The van der Waals surface area contributed by atoms with Crippen LogP contribution >= 0.6 is 0 Å². The van der Waals surface area contributed by atoms with Crippen molar-refractivity contribution in [3.8, 4) is 0 Å². The van der Waals surface area contributed by atoms with Crippen molar-refractivity contribution in [2.45, 2.75) is 13.2 Å². The molecule has 0 saturated carbocycles. The molecule has 8 bridgehead atoms. The Balaban J connectivity index is 1.90.